The van der Waals surface area contributed by atoms with Crippen molar-refractivity contribution in [1.82, 2.24) is 14.9 Å². The number of ether oxygens (including phenoxy) is 1. The Morgan fingerprint density at radius 3 is 2.79 bits per heavy atom. The number of amides is 2. The minimum atomic E-state index is -3.35. The van der Waals surface area contributed by atoms with Crippen LogP contribution in [0, 0.1) is 5.92 Å². The number of nitrogens with zero attached hydrogens (tertiary/aromatic N) is 1. The highest BCUT2D eigenvalue weighted by molar-refractivity contribution is 7.88. The SMILES string of the molecule is COCCCNC(=O)C1CCCN(S(C)(=O)=O)CCC(=O)NCC1. The monoisotopic (exact) mass is 363 g/mol. The first kappa shape index (κ1) is 20.9. The molecule has 24 heavy (non-hydrogen) atoms. The molecule has 0 aromatic rings. The molecular formula is C15H29N3O5S. The Balaban J connectivity index is 2.61. The molecule has 1 atom stereocenters. The third-order valence-corrected chi connectivity index (χ3v) is 5.33. The second-order valence-corrected chi connectivity index (χ2v) is 8.01. The summed E-state index contributed by atoms with van der Waals surface area (Å²) in [4.78, 5) is 24.0. The summed E-state index contributed by atoms with van der Waals surface area (Å²) >= 11 is 0. The van der Waals surface area contributed by atoms with Crippen LogP contribution in [-0.2, 0) is 24.3 Å². The standard InChI is InChI=1S/C15H29N3O5S/c1-23-12-4-8-17-15(20)13-5-3-10-18(24(2,21)22)11-7-14(19)16-9-6-13/h13H,3-12H2,1-2H3,(H,16,19)(H,17,20). The van der Waals surface area contributed by atoms with Gasteiger partial charge in [-0.2, -0.15) is 0 Å². The first-order chi connectivity index (χ1) is 11.3. The smallest absolute Gasteiger partial charge is 0.223 e. The third-order valence-electron chi connectivity index (χ3n) is 4.03. The van der Waals surface area contributed by atoms with Gasteiger partial charge in [-0.25, -0.2) is 12.7 Å². The van der Waals surface area contributed by atoms with Gasteiger partial charge in [-0.05, 0) is 25.7 Å². The fourth-order valence-electron chi connectivity index (χ4n) is 2.64. The van der Waals surface area contributed by atoms with Gasteiger partial charge in [0.25, 0.3) is 0 Å². The van der Waals surface area contributed by atoms with Gasteiger partial charge in [0.2, 0.25) is 21.8 Å². The van der Waals surface area contributed by atoms with E-state index in [-0.39, 0.29) is 30.7 Å². The fourth-order valence-corrected chi connectivity index (χ4v) is 3.52. The summed E-state index contributed by atoms with van der Waals surface area (Å²) < 4.78 is 29.8. The number of rotatable bonds is 6. The molecule has 0 aromatic heterocycles. The average molecular weight is 363 g/mol. The predicted molar refractivity (Wildman–Crippen MR) is 90.9 cm³/mol. The molecule has 9 heteroatoms. The van der Waals surface area contributed by atoms with Gasteiger partial charge in [0, 0.05) is 52.2 Å². The van der Waals surface area contributed by atoms with Crippen LogP contribution < -0.4 is 10.6 Å². The van der Waals surface area contributed by atoms with Crippen LogP contribution in [0.2, 0.25) is 0 Å². The van der Waals surface area contributed by atoms with Gasteiger partial charge in [-0.3, -0.25) is 9.59 Å². The van der Waals surface area contributed by atoms with E-state index in [4.69, 9.17) is 4.74 Å². The molecule has 1 aliphatic heterocycles. The quantitative estimate of drug-likeness (QED) is 0.631. The molecule has 0 bridgehead atoms. The van der Waals surface area contributed by atoms with Crippen molar-refractivity contribution in [1.29, 1.82) is 0 Å². The van der Waals surface area contributed by atoms with E-state index in [1.165, 1.54) is 4.31 Å². The van der Waals surface area contributed by atoms with E-state index in [0.29, 0.717) is 45.5 Å². The Bertz CT molecular complexity index is 509. The molecule has 2 N–H and O–H groups in total. The molecule has 0 spiro atoms. The normalized spacial score (nSPS) is 21.6. The zero-order valence-electron chi connectivity index (χ0n) is 14.5. The molecule has 2 amide bonds. The maximum atomic E-state index is 12.3. The summed E-state index contributed by atoms with van der Waals surface area (Å²) in [5.74, 6) is -0.470. The predicted octanol–water partition coefficient (Wildman–Crippen LogP) is -0.293. The number of carbonyl (C=O) groups is 2. The van der Waals surface area contributed by atoms with Crippen LogP contribution in [0.4, 0.5) is 0 Å². The maximum absolute atomic E-state index is 12.3. The van der Waals surface area contributed by atoms with E-state index >= 15 is 0 Å². The molecule has 8 nitrogen and oxygen atoms in total. The lowest BCUT2D eigenvalue weighted by atomic mass is 9.98. The second-order valence-electron chi connectivity index (χ2n) is 6.03. The van der Waals surface area contributed by atoms with Crippen LogP contribution in [0.3, 0.4) is 0 Å². The summed E-state index contributed by atoms with van der Waals surface area (Å²) in [7, 11) is -1.73. The molecule has 1 unspecified atom stereocenters. The van der Waals surface area contributed by atoms with Crippen molar-refractivity contribution in [2.75, 3.05) is 46.2 Å². The largest absolute Gasteiger partial charge is 0.385 e. The van der Waals surface area contributed by atoms with Crippen LogP contribution in [0.25, 0.3) is 0 Å². The van der Waals surface area contributed by atoms with Gasteiger partial charge in [0.05, 0.1) is 6.26 Å². The number of nitrogens with one attached hydrogen (secondary N) is 2. The van der Waals surface area contributed by atoms with Gasteiger partial charge in [-0.15, -0.1) is 0 Å². The van der Waals surface area contributed by atoms with Crippen molar-refractivity contribution in [3.05, 3.63) is 0 Å². The highest BCUT2D eigenvalue weighted by Gasteiger charge is 2.22. The van der Waals surface area contributed by atoms with Crippen molar-refractivity contribution in [3.63, 3.8) is 0 Å². The van der Waals surface area contributed by atoms with Crippen molar-refractivity contribution in [2.45, 2.75) is 32.1 Å². The molecule has 1 saturated heterocycles. The van der Waals surface area contributed by atoms with Crippen LogP contribution in [0.5, 0.6) is 0 Å². The Kier molecular flexibility index (Phi) is 9.24. The number of hydrogen-bond acceptors (Lipinski definition) is 5. The zero-order chi connectivity index (χ0) is 18.0. The summed E-state index contributed by atoms with van der Waals surface area (Å²) in [5, 5.41) is 5.63. The number of methoxy groups -OCH3 is 1. The van der Waals surface area contributed by atoms with Crippen molar-refractivity contribution in [2.24, 2.45) is 5.92 Å². The highest BCUT2D eigenvalue weighted by Crippen LogP contribution is 2.14. The first-order valence-electron chi connectivity index (χ1n) is 8.33. The van der Waals surface area contributed by atoms with Gasteiger partial charge < -0.3 is 15.4 Å². The lowest BCUT2D eigenvalue weighted by molar-refractivity contribution is -0.126. The topological polar surface area (TPSA) is 105 Å². The van der Waals surface area contributed by atoms with Crippen LogP contribution in [-0.4, -0.2) is 70.7 Å². The fraction of sp³-hybridized carbons (Fsp3) is 0.867. The van der Waals surface area contributed by atoms with Gasteiger partial charge >= 0.3 is 0 Å². The zero-order valence-corrected chi connectivity index (χ0v) is 15.4. The summed E-state index contributed by atoms with van der Waals surface area (Å²) in [6.45, 7) is 2.07. The van der Waals surface area contributed by atoms with Crippen LogP contribution in [0.15, 0.2) is 0 Å². The molecule has 1 heterocycles. The van der Waals surface area contributed by atoms with Gasteiger partial charge in [-0.1, -0.05) is 0 Å². The van der Waals surface area contributed by atoms with Gasteiger partial charge in [0.15, 0.2) is 0 Å². The van der Waals surface area contributed by atoms with Crippen LogP contribution >= 0.6 is 0 Å². The third kappa shape index (κ3) is 8.07. The molecule has 1 fully saturated rings. The molecule has 0 saturated carbocycles. The van der Waals surface area contributed by atoms with Gasteiger partial charge in [0.1, 0.15) is 0 Å². The van der Waals surface area contributed by atoms with E-state index in [1.807, 2.05) is 0 Å². The van der Waals surface area contributed by atoms with E-state index in [1.54, 1.807) is 7.11 Å². The summed E-state index contributed by atoms with van der Waals surface area (Å²) in [5.41, 5.74) is 0. The Morgan fingerprint density at radius 2 is 2.12 bits per heavy atom. The molecule has 1 aliphatic rings. The van der Waals surface area contributed by atoms with E-state index < -0.39 is 10.0 Å². The van der Waals surface area contributed by atoms with Crippen LogP contribution in [0.1, 0.15) is 32.1 Å². The lowest BCUT2D eigenvalue weighted by Crippen LogP contribution is -2.35. The molecule has 0 radical (unpaired) electrons. The highest BCUT2D eigenvalue weighted by atomic mass is 32.2. The van der Waals surface area contributed by atoms with E-state index in [0.717, 1.165) is 12.7 Å². The van der Waals surface area contributed by atoms with E-state index in [9.17, 15) is 18.0 Å². The Hall–Kier alpha value is -1.19. The summed E-state index contributed by atoms with van der Waals surface area (Å²) in [6, 6.07) is 0. The molecular weight excluding hydrogens is 334 g/mol. The number of carbonyl (C=O) groups excluding carboxylic acids is 2. The van der Waals surface area contributed by atoms with Crippen molar-refractivity contribution in [3.8, 4) is 0 Å². The minimum absolute atomic E-state index is 0.0505. The molecule has 140 valence electrons. The summed E-state index contributed by atoms with van der Waals surface area (Å²) in [6.07, 6.45) is 3.77. The number of sulfonamides is 1. The second kappa shape index (κ2) is 10.6. The first-order valence-corrected chi connectivity index (χ1v) is 10.2. The van der Waals surface area contributed by atoms with E-state index in [2.05, 4.69) is 10.6 Å². The maximum Gasteiger partial charge on any atom is 0.223 e. The molecule has 0 aliphatic carbocycles. The minimum Gasteiger partial charge on any atom is -0.385 e. The molecule has 0 aromatic carbocycles. The Morgan fingerprint density at radius 1 is 1.38 bits per heavy atom. The van der Waals surface area contributed by atoms with Crippen molar-refractivity contribution < 1.29 is 22.7 Å². The van der Waals surface area contributed by atoms with Crippen molar-refractivity contribution >= 4 is 21.8 Å². The molecule has 1 rings (SSSR count). The average Bonchev–Trinajstić information content (AvgIpc) is 2.55. The lowest BCUT2D eigenvalue weighted by Gasteiger charge is -2.20. The number of hydrogen-bond donors (Lipinski definition) is 2. The Labute approximate surface area is 144 Å².